The quantitative estimate of drug-likeness (QED) is 0.623. The van der Waals surface area contributed by atoms with E-state index in [2.05, 4.69) is 0 Å². The fraction of sp³-hybridized carbons (Fsp3) is 0.125. The van der Waals surface area contributed by atoms with E-state index in [1.807, 2.05) is 49.4 Å². The van der Waals surface area contributed by atoms with Gasteiger partial charge in [0, 0.05) is 18.2 Å². The van der Waals surface area contributed by atoms with Gasteiger partial charge in [0.1, 0.15) is 11.5 Å². The van der Waals surface area contributed by atoms with Gasteiger partial charge in [-0.2, -0.15) is 0 Å². The second kappa shape index (κ2) is 5.79. The standard InChI is InChI=1S/C16H13NO2S2/c1-2-17-15(20)14(19-16(17)21)10-12-8-9-13(18-12)11-6-4-3-5-7-11/h3-10H,2H2,1H3/b14-10-. The van der Waals surface area contributed by atoms with Gasteiger partial charge in [-0.15, -0.1) is 0 Å². The van der Waals surface area contributed by atoms with Crippen molar-refractivity contribution in [1.29, 1.82) is 0 Å². The molecule has 1 aromatic carbocycles. The molecule has 3 rings (SSSR count). The highest BCUT2D eigenvalue weighted by atomic mass is 32.1. The smallest absolute Gasteiger partial charge is 0.270 e. The van der Waals surface area contributed by atoms with Crippen LogP contribution >= 0.6 is 24.4 Å². The molecule has 1 aliphatic heterocycles. The summed E-state index contributed by atoms with van der Waals surface area (Å²) in [6.45, 7) is 2.67. The Morgan fingerprint density at radius 2 is 1.86 bits per heavy atom. The molecule has 2 aromatic rings. The van der Waals surface area contributed by atoms with Crippen molar-refractivity contribution in [2.75, 3.05) is 6.54 Å². The van der Waals surface area contributed by atoms with Crippen LogP contribution in [0.5, 0.6) is 0 Å². The number of furan rings is 1. The van der Waals surface area contributed by atoms with Crippen LogP contribution in [0.3, 0.4) is 0 Å². The highest BCUT2D eigenvalue weighted by Gasteiger charge is 2.28. The largest absolute Gasteiger partial charge is 0.457 e. The molecule has 0 N–H and O–H groups in total. The molecule has 21 heavy (non-hydrogen) atoms. The molecular weight excluding hydrogens is 302 g/mol. The molecule has 0 bridgehead atoms. The molecule has 2 heterocycles. The zero-order valence-corrected chi connectivity index (χ0v) is 13.0. The summed E-state index contributed by atoms with van der Waals surface area (Å²) in [4.78, 5) is 2.37. The molecule has 0 aliphatic carbocycles. The molecule has 5 heteroatoms. The third kappa shape index (κ3) is 2.75. The van der Waals surface area contributed by atoms with Crippen molar-refractivity contribution < 1.29 is 9.15 Å². The maximum absolute atomic E-state index is 5.81. The first-order chi connectivity index (χ1) is 10.2. The van der Waals surface area contributed by atoms with E-state index in [4.69, 9.17) is 33.6 Å². The topological polar surface area (TPSA) is 25.6 Å². The summed E-state index contributed by atoms with van der Waals surface area (Å²) < 4.78 is 11.3. The van der Waals surface area contributed by atoms with Gasteiger partial charge in [0.25, 0.3) is 5.17 Å². The lowest BCUT2D eigenvalue weighted by Crippen LogP contribution is -2.26. The van der Waals surface area contributed by atoms with Crippen molar-refractivity contribution in [1.82, 2.24) is 4.90 Å². The Kier molecular flexibility index (Phi) is 3.86. The van der Waals surface area contributed by atoms with Crippen molar-refractivity contribution in [3.05, 3.63) is 54.0 Å². The van der Waals surface area contributed by atoms with Crippen molar-refractivity contribution in [2.45, 2.75) is 6.92 Å². The molecule has 3 nitrogen and oxygen atoms in total. The minimum Gasteiger partial charge on any atom is -0.457 e. The Balaban J connectivity index is 1.87. The molecule has 0 atom stereocenters. The van der Waals surface area contributed by atoms with Crippen LogP contribution < -0.4 is 0 Å². The van der Waals surface area contributed by atoms with E-state index in [1.54, 1.807) is 11.0 Å². The van der Waals surface area contributed by atoms with Crippen LogP contribution in [0.15, 0.2) is 52.6 Å². The lowest BCUT2D eigenvalue weighted by atomic mass is 10.2. The second-order valence-corrected chi connectivity index (χ2v) is 5.23. The highest BCUT2D eigenvalue weighted by molar-refractivity contribution is 7.82. The van der Waals surface area contributed by atoms with E-state index in [9.17, 15) is 0 Å². The van der Waals surface area contributed by atoms with Gasteiger partial charge < -0.3 is 9.15 Å². The van der Waals surface area contributed by atoms with E-state index in [0.29, 0.717) is 28.2 Å². The van der Waals surface area contributed by atoms with Crippen molar-refractivity contribution in [3.8, 4) is 11.3 Å². The van der Waals surface area contributed by atoms with Crippen molar-refractivity contribution >= 4 is 40.7 Å². The average molecular weight is 315 g/mol. The number of hydrogen-bond acceptors (Lipinski definition) is 4. The van der Waals surface area contributed by atoms with Gasteiger partial charge in [0.2, 0.25) is 0 Å². The van der Waals surface area contributed by atoms with Crippen LogP contribution in [0.1, 0.15) is 12.7 Å². The molecule has 0 spiro atoms. The van der Waals surface area contributed by atoms with Crippen LogP contribution in [-0.2, 0) is 4.74 Å². The third-order valence-corrected chi connectivity index (χ3v) is 3.87. The lowest BCUT2D eigenvalue weighted by molar-refractivity contribution is 0.441. The Bertz CT molecular complexity index is 719. The van der Waals surface area contributed by atoms with E-state index < -0.39 is 0 Å². The van der Waals surface area contributed by atoms with Gasteiger partial charge in [-0.05, 0) is 31.3 Å². The number of likely N-dealkylation sites (N-methyl/N-ethyl adjacent to an activating group) is 1. The SMILES string of the molecule is CCN1C(=S)O/C(=C\c2ccc(-c3ccccc3)o2)C1=S. The normalized spacial score (nSPS) is 16.6. The predicted octanol–water partition coefficient (Wildman–Crippen LogP) is 4.25. The fourth-order valence-corrected chi connectivity index (χ4v) is 2.77. The summed E-state index contributed by atoms with van der Waals surface area (Å²) in [5.74, 6) is 2.05. The number of thiocarbonyl (C=S) groups is 2. The van der Waals surface area contributed by atoms with Crippen LogP contribution in [0.25, 0.3) is 17.4 Å². The van der Waals surface area contributed by atoms with Crippen LogP contribution in [0, 0.1) is 0 Å². The molecule has 0 radical (unpaired) electrons. The summed E-state index contributed by atoms with van der Waals surface area (Å²) in [5, 5.41) is 0.392. The Labute approximate surface area is 133 Å². The van der Waals surface area contributed by atoms with E-state index >= 15 is 0 Å². The van der Waals surface area contributed by atoms with Gasteiger partial charge in [-0.25, -0.2) is 0 Å². The molecule has 1 fully saturated rings. The van der Waals surface area contributed by atoms with E-state index in [-0.39, 0.29) is 0 Å². The first-order valence-electron chi connectivity index (χ1n) is 6.59. The maximum Gasteiger partial charge on any atom is 0.270 e. The second-order valence-electron chi connectivity index (χ2n) is 4.49. The number of benzene rings is 1. The Morgan fingerprint density at radius 1 is 1.10 bits per heavy atom. The van der Waals surface area contributed by atoms with Crippen molar-refractivity contribution in [3.63, 3.8) is 0 Å². The maximum atomic E-state index is 5.81. The molecule has 1 aliphatic rings. The van der Waals surface area contributed by atoms with Crippen molar-refractivity contribution in [2.24, 2.45) is 0 Å². The summed E-state index contributed by atoms with van der Waals surface area (Å²) >= 11 is 10.5. The monoisotopic (exact) mass is 315 g/mol. The lowest BCUT2D eigenvalue weighted by Gasteiger charge is -2.09. The number of nitrogens with zero attached hydrogens (tertiary/aromatic N) is 1. The zero-order chi connectivity index (χ0) is 14.8. The van der Waals surface area contributed by atoms with Gasteiger partial charge >= 0.3 is 0 Å². The number of ether oxygens (including phenoxy) is 1. The first-order valence-corrected chi connectivity index (χ1v) is 7.41. The van der Waals surface area contributed by atoms with Crippen LogP contribution in [0.4, 0.5) is 0 Å². The van der Waals surface area contributed by atoms with Gasteiger partial charge in [0.15, 0.2) is 10.7 Å². The Morgan fingerprint density at radius 3 is 2.52 bits per heavy atom. The van der Waals surface area contributed by atoms with Crippen LogP contribution in [0.2, 0.25) is 0 Å². The van der Waals surface area contributed by atoms with E-state index in [1.165, 1.54) is 0 Å². The van der Waals surface area contributed by atoms with Crippen LogP contribution in [-0.4, -0.2) is 21.6 Å². The molecule has 106 valence electrons. The zero-order valence-electron chi connectivity index (χ0n) is 11.4. The molecular formula is C16H13NO2S2. The fourth-order valence-electron chi connectivity index (χ4n) is 2.09. The molecule has 0 saturated carbocycles. The van der Waals surface area contributed by atoms with Gasteiger partial charge in [-0.3, -0.25) is 4.90 Å². The third-order valence-electron chi connectivity index (χ3n) is 3.15. The Hall–Kier alpha value is -1.98. The highest BCUT2D eigenvalue weighted by Crippen LogP contribution is 2.25. The molecule has 1 aromatic heterocycles. The summed E-state index contributed by atoms with van der Waals surface area (Å²) in [7, 11) is 0. The summed E-state index contributed by atoms with van der Waals surface area (Å²) in [6, 6.07) is 13.7. The van der Waals surface area contributed by atoms with Gasteiger partial charge in [-0.1, -0.05) is 42.5 Å². The van der Waals surface area contributed by atoms with E-state index in [0.717, 1.165) is 11.3 Å². The molecule has 1 saturated heterocycles. The van der Waals surface area contributed by atoms with Gasteiger partial charge in [0.05, 0.1) is 0 Å². The average Bonchev–Trinajstić information content (AvgIpc) is 3.06. The number of hydrogen-bond donors (Lipinski definition) is 0. The summed E-state index contributed by atoms with van der Waals surface area (Å²) in [6.07, 6.45) is 1.77. The molecule has 0 unspecified atom stereocenters. The minimum atomic E-state index is 0.392. The minimum absolute atomic E-state index is 0.392. The number of rotatable bonds is 3. The predicted molar refractivity (Wildman–Crippen MR) is 90.8 cm³/mol. The first kappa shape index (κ1) is 14.0. The molecule has 0 amide bonds. The summed E-state index contributed by atoms with van der Waals surface area (Å²) in [5.41, 5.74) is 1.03.